The van der Waals surface area contributed by atoms with Gasteiger partial charge in [-0.2, -0.15) is 0 Å². The molecule has 8 nitrogen and oxygen atoms in total. The van der Waals surface area contributed by atoms with Gasteiger partial charge in [0, 0.05) is 36.5 Å². The number of hydrogen-bond acceptors (Lipinski definition) is 6. The predicted octanol–water partition coefficient (Wildman–Crippen LogP) is 2.15. The lowest BCUT2D eigenvalue weighted by Gasteiger charge is -2.40. The molecule has 0 spiro atoms. The van der Waals surface area contributed by atoms with E-state index in [4.69, 9.17) is 9.47 Å². The van der Waals surface area contributed by atoms with Gasteiger partial charge in [-0.15, -0.1) is 0 Å². The highest BCUT2D eigenvalue weighted by Crippen LogP contribution is 2.32. The third-order valence-electron chi connectivity index (χ3n) is 7.43. The Morgan fingerprint density at radius 1 is 1.15 bits per heavy atom. The van der Waals surface area contributed by atoms with Gasteiger partial charge in [-0.05, 0) is 49.4 Å². The first-order valence-electron chi connectivity index (χ1n) is 12.2. The number of piperidine rings is 1. The van der Waals surface area contributed by atoms with Crippen molar-refractivity contribution in [3.8, 4) is 5.75 Å². The summed E-state index contributed by atoms with van der Waals surface area (Å²) >= 11 is 0. The van der Waals surface area contributed by atoms with E-state index < -0.39 is 6.04 Å². The number of ether oxygens (including phenoxy) is 2. The van der Waals surface area contributed by atoms with Crippen LogP contribution in [0.1, 0.15) is 67.8 Å². The molecular formula is C25H33N3O5. The summed E-state index contributed by atoms with van der Waals surface area (Å²) in [7, 11) is 0. The van der Waals surface area contributed by atoms with Crippen molar-refractivity contribution in [3.05, 3.63) is 29.3 Å². The molecule has 1 saturated carbocycles. The number of carbonyl (C=O) groups excluding carboxylic acids is 3. The molecule has 4 aliphatic rings. The Bertz CT molecular complexity index is 944. The van der Waals surface area contributed by atoms with E-state index in [0.717, 1.165) is 50.3 Å². The maximum absolute atomic E-state index is 12.9. The van der Waals surface area contributed by atoms with Gasteiger partial charge < -0.3 is 19.7 Å². The molecule has 1 unspecified atom stereocenters. The quantitative estimate of drug-likeness (QED) is 0.504. The van der Waals surface area contributed by atoms with Crippen molar-refractivity contribution in [1.29, 1.82) is 0 Å². The second kappa shape index (κ2) is 9.06. The van der Waals surface area contributed by atoms with Crippen molar-refractivity contribution in [2.24, 2.45) is 5.41 Å². The zero-order valence-electron chi connectivity index (χ0n) is 19.2. The van der Waals surface area contributed by atoms with Crippen LogP contribution in [0.3, 0.4) is 0 Å². The van der Waals surface area contributed by atoms with Crippen molar-refractivity contribution >= 4 is 17.7 Å². The molecule has 0 aromatic heterocycles. The van der Waals surface area contributed by atoms with Crippen LogP contribution in [0.5, 0.6) is 5.75 Å². The molecule has 1 aromatic carbocycles. The summed E-state index contributed by atoms with van der Waals surface area (Å²) < 4.78 is 11.9. The molecule has 3 heterocycles. The van der Waals surface area contributed by atoms with E-state index in [9.17, 15) is 14.4 Å². The van der Waals surface area contributed by atoms with Crippen LogP contribution in [0.4, 0.5) is 0 Å². The molecule has 1 aromatic rings. The highest BCUT2D eigenvalue weighted by molar-refractivity contribution is 6.05. The molecule has 178 valence electrons. The minimum atomic E-state index is -0.598. The lowest BCUT2D eigenvalue weighted by molar-refractivity contribution is -0.136. The number of nitrogens with one attached hydrogen (secondary N) is 2. The zero-order chi connectivity index (χ0) is 23.0. The zero-order valence-corrected chi connectivity index (χ0v) is 19.2. The maximum Gasteiger partial charge on any atom is 0.255 e. The smallest absolute Gasteiger partial charge is 0.255 e. The normalized spacial score (nSPS) is 29.2. The first kappa shape index (κ1) is 22.3. The number of benzene rings is 1. The van der Waals surface area contributed by atoms with Gasteiger partial charge in [0.05, 0.1) is 13.2 Å². The van der Waals surface area contributed by atoms with E-state index in [1.807, 2.05) is 18.2 Å². The highest BCUT2D eigenvalue weighted by Gasteiger charge is 2.39. The number of amides is 3. The van der Waals surface area contributed by atoms with Gasteiger partial charge >= 0.3 is 0 Å². The Balaban J connectivity index is 1.26. The van der Waals surface area contributed by atoms with Crippen molar-refractivity contribution in [1.82, 2.24) is 15.5 Å². The molecule has 8 heteroatoms. The Morgan fingerprint density at radius 2 is 1.97 bits per heavy atom. The lowest BCUT2D eigenvalue weighted by Crippen LogP contribution is -2.52. The Labute approximate surface area is 194 Å². The molecule has 33 heavy (non-hydrogen) atoms. The number of fused-ring (bicyclic) bond motifs is 1. The van der Waals surface area contributed by atoms with Crippen LogP contribution in [0.15, 0.2) is 18.2 Å². The van der Waals surface area contributed by atoms with Crippen molar-refractivity contribution in [2.45, 2.75) is 76.6 Å². The Kier molecular flexibility index (Phi) is 6.14. The predicted molar refractivity (Wildman–Crippen MR) is 121 cm³/mol. The molecular weight excluding hydrogens is 422 g/mol. The maximum atomic E-state index is 12.9. The summed E-state index contributed by atoms with van der Waals surface area (Å²) in [6.07, 6.45) is 6.37. The average molecular weight is 456 g/mol. The minimum absolute atomic E-state index is 0.0819. The number of carbonyl (C=O) groups is 3. The van der Waals surface area contributed by atoms with Crippen LogP contribution in [-0.2, 0) is 20.9 Å². The van der Waals surface area contributed by atoms with Crippen LogP contribution >= 0.6 is 0 Å². The van der Waals surface area contributed by atoms with Gasteiger partial charge in [0.15, 0.2) is 0 Å². The summed E-state index contributed by atoms with van der Waals surface area (Å²) in [6, 6.07) is 5.32. The van der Waals surface area contributed by atoms with Gasteiger partial charge in [0.2, 0.25) is 11.8 Å². The van der Waals surface area contributed by atoms with Gasteiger partial charge in [0.1, 0.15) is 17.9 Å². The molecule has 5 rings (SSSR count). The first-order valence-corrected chi connectivity index (χ1v) is 12.2. The summed E-state index contributed by atoms with van der Waals surface area (Å²) in [5.41, 5.74) is 1.70. The van der Waals surface area contributed by atoms with Gasteiger partial charge in [-0.3, -0.25) is 19.7 Å². The fourth-order valence-corrected chi connectivity index (χ4v) is 5.38. The van der Waals surface area contributed by atoms with Gasteiger partial charge in [-0.1, -0.05) is 19.8 Å². The van der Waals surface area contributed by atoms with Crippen LogP contribution < -0.4 is 15.4 Å². The van der Waals surface area contributed by atoms with E-state index in [1.54, 1.807) is 4.90 Å². The Morgan fingerprint density at radius 3 is 2.73 bits per heavy atom. The minimum Gasteiger partial charge on any atom is -0.489 e. The summed E-state index contributed by atoms with van der Waals surface area (Å²) in [4.78, 5) is 38.3. The lowest BCUT2D eigenvalue weighted by atomic mass is 9.88. The molecule has 1 aliphatic carbocycles. The van der Waals surface area contributed by atoms with Gasteiger partial charge in [0.25, 0.3) is 5.91 Å². The molecule has 3 atom stereocenters. The molecule has 0 radical (unpaired) electrons. The third-order valence-corrected chi connectivity index (χ3v) is 7.43. The molecule has 2 saturated heterocycles. The number of rotatable bonds is 6. The largest absolute Gasteiger partial charge is 0.489 e. The van der Waals surface area contributed by atoms with Crippen LogP contribution in [0, 0.1) is 5.41 Å². The number of hydrogen-bond donors (Lipinski definition) is 2. The Hall–Kier alpha value is -2.45. The molecule has 3 fully saturated rings. The SMILES string of the molecule is CC1(CN[C@H]2CCCCC[C@@H]2Oc2ccc3c(c2)CN(C2CCC(=O)NC2=O)C3=O)COC1. The second-order valence-electron chi connectivity index (χ2n) is 10.3. The molecule has 0 bridgehead atoms. The van der Waals surface area contributed by atoms with Crippen molar-refractivity contribution in [2.75, 3.05) is 19.8 Å². The fraction of sp³-hybridized carbons (Fsp3) is 0.640. The second-order valence-corrected chi connectivity index (χ2v) is 10.3. The van der Waals surface area contributed by atoms with E-state index in [2.05, 4.69) is 17.6 Å². The molecule has 3 amide bonds. The van der Waals surface area contributed by atoms with Crippen molar-refractivity contribution in [3.63, 3.8) is 0 Å². The highest BCUT2D eigenvalue weighted by atomic mass is 16.5. The van der Waals surface area contributed by atoms with E-state index in [1.165, 1.54) is 12.8 Å². The van der Waals surface area contributed by atoms with E-state index >= 15 is 0 Å². The van der Waals surface area contributed by atoms with Crippen LogP contribution in [-0.4, -0.2) is 60.6 Å². The van der Waals surface area contributed by atoms with Crippen molar-refractivity contribution < 1.29 is 23.9 Å². The number of imide groups is 1. The molecule has 2 N–H and O–H groups in total. The van der Waals surface area contributed by atoms with Crippen LogP contribution in [0.25, 0.3) is 0 Å². The number of nitrogens with zero attached hydrogens (tertiary/aromatic N) is 1. The fourth-order valence-electron chi connectivity index (χ4n) is 5.38. The third kappa shape index (κ3) is 4.64. The molecule has 3 aliphatic heterocycles. The average Bonchev–Trinajstić information content (AvgIpc) is 2.93. The standard InChI is InChI=1S/C25H33N3O5/c1-25(14-32-15-25)13-26-19-5-3-2-4-6-21(19)33-17-7-8-18-16(11-17)12-28(24(18)31)20-9-10-22(29)27-23(20)30/h7-8,11,19-21,26H,2-6,9-10,12-15H2,1H3,(H,27,29,30)/t19-,20?,21-/m0/s1. The van der Waals surface area contributed by atoms with E-state index in [-0.39, 0.29) is 35.7 Å². The monoisotopic (exact) mass is 455 g/mol. The van der Waals surface area contributed by atoms with Crippen LogP contribution in [0.2, 0.25) is 0 Å². The topological polar surface area (TPSA) is 97.0 Å². The summed E-state index contributed by atoms with van der Waals surface area (Å²) in [5, 5.41) is 6.10. The summed E-state index contributed by atoms with van der Waals surface area (Å²) in [6.45, 7) is 5.16. The van der Waals surface area contributed by atoms with Gasteiger partial charge in [-0.25, -0.2) is 0 Å². The first-order chi connectivity index (χ1) is 15.9. The van der Waals surface area contributed by atoms with E-state index in [0.29, 0.717) is 24.6 Å². The summed E-state index contributed by atoms with van der Waals surface area (Å²) in [5.74, 6) is -0.0529.